The maximum atomic E-state index is 12.4. The van der Waals surface area contributed by atoms with Crippen molar-refractivity contribution in [2.24, 2.45) is 11.7 Å². The quantitative estimate of drug-likeness (QED) is 0.216. The molecule has 0 aliphatic carbocycles. The molecule has 3 amide bonds. The van der Waals surface area contributed by atoms with Crippen LogP contribution in [-0.4, -0.2) is 69.8 Å². The molecule has 4 unspecified atom stereocenters. The zero-order chi connectivity index (χ0) is 23.7. The number of aromatic hydroxyl groups is 1. The molecule has 11 nitrogen and oxygen atoms in total. The summed E-state index contributed by atoms with van der Waals surface area (Å²) >= 11 is 0. The second kappa shape index (κ2) is 11.9. The van der Waals surface area contributed by atoms with E-state index >= 15 is 0 Å². The SMILES string of the molecule is CC(C)C(NC(=O)C(N)C(C)O)C(=O)NCC(=O)NC(Cc1ccc(O)cc1)C(=O)O. The summed E-state index contributed by atoms with van der Waals surface area (Å²) in [5, 5.41) is 35.2. The third kappa shape index (κ3) is 8.60. The molecule has 172 valence electrons. The Morgan fingerprint density at radius 3 is 2.06 bits per heavy atom. The Bertz CT molecular complexity index is 780. The van der Waals surface area contributed by atoms with Crippen molar-refractivity contribution in [3.8, 4) is 5.75 Å². The number of carbonyl (C=O) groups excluding carboxylic acids is 3. The van der Waals surface area contributed by atoms with E-state index in [0.29, 0.717) is 5.56 Å². The van der Waals surface area contributed by atoms with Gasteiger partial charge in [0.05, 0.1) is 12.6 Å². The molecule has 1 rings (SSSR count). The highest BCUT2D eigenvalue weighted by molar-refractivity contribution is 5.92. The van der Waals surface area contributed by atoms with Gasteiger partial charge in [0.25, 0.3) is 0 Å². The first-order chi connectivity index (χ1) is 14.4. The highest BCUT2D eigenvalue weighted by Gasteiger charge is 2.28. The Kier molecular flexibility index (Phi) is 9.90. The second-order valence-electron chi connectivity index (χ2n) is 7.54. The van der Waals surface area contributed by atoms with Crippen LogP contribution < -0.4 is 21.7 Å². The highest BCUT2D eigenvalue weighted by atomic mass is 16.4. The third-order valence-electron chi connectivity index (χ3n) is 4.50. The number of nitrogens with two attached hydrogens (primary N) is 1. The number of rotatable bonds is 11. The van der Waals surface area contributed by atoms with Crippen molar-refractivity contribution in [1.82, 2.24) is 16.0 Å². The molecule has 4 atom stereocenters. The first-order valence-electron chi connectivity index (χ1n) is 9.74. The van der Waals surface area contributed by atoms with E-state index in [1.807, 2.05) is 0 Å². The number of aliphatic carboxylic acids is 1. The lowest BCUT2D eigenvalue weighted by Gasteiger charge is -2.24. The molecule has 0 saturated heterocycles. The number of benzene rings is 1. The van der Waals surface area contributed by atoms with Gasteiger partial charge < -0.3 is 37.0 Å². The molecule has 0 heterocycles. The molecule has 0 aliphatic rings. The van der Waals surface area contributed by atoms with Crippen LogP contribution in [0.25, 0.3) is 0 Å². The molecule has 0 aromatic heterocycles. The predicted molar refractivity (Wildman–Crippen MR) is 111 cm³/mol. The lowest BCUT2D eigenvalue weighted by Crippen LogP contribution is -2.57. The van der Waals surface area contributed by atoms with E-state index in [2.05, 4.69) is 16.0 Å². The van der Waals surface area contributed by atoms with Crippen molar-refractivity contribution in [2.75, 3.05) is 6.54 Å². The lowest BCUT2D eigenvalue weighted by atomic mass is 10.0. The highest BCUT2D eigenvalue weighted by Crippen LogP contribution is 2.11. The van der Waals surface area contributed by atoms with E-state index in [4.69, 9.17) is 5.73 Å². The largest absolute Gasteiger partial charge is 0.508 e. The minimum atomic E-state index is -1.26. The van der Waals surface area contributed by atoms with Crippen LogP contribution in [0.4, 0.5) is 0 Å². The smallest absolute Gasteiger partial charge is 0.326 e. The van der Waals surface area contributed by atoms with Crippen LogP contribution in [0.5, 0.6) is 5.75 Å². The van der Waals surface area contributed by atoms with E-state index in [-0.39, 0.29) is 18.1 Å². The number of aliphatic hydroxyl groups is 1. The van der Waals surface area contributed by atoms with Crippen molar-refractivity contribution < 1.29 is 34.5 Å². The van der Waals surface area contributed by atoms with Crippen LogP contribution >= 0.6 is 0 Å². The van der Waals surface area contributed by atoms with Crippen LogP contribution in [-0.2, 0) is 25.6 Å². The van der Waals surface area contributed by atoms with E-state index in [0.717, 1.165) is 0 Å². The minimum absolute atomic E-state index is 0.0167. The maximum Gasteiger partial charge on any atom is 0.326 e. The molecule has 0 saturated carbocycles. The summed E-state index contributed by atoms with van der Waals surface area (Å²) in [5.41, 5.74) is 6.15. The molecule has 31 heavy (non-hydrogen) atoms. The minimum Gasteiger partial charge on any atom is -0.508 e. The van der Waals surface area contributed by atoms with Gasteiger partial charge in [0.2, 0.25) is 17.7 Å². The normalized spacial score (nSPS) is 14.8. The van der Waals surface area contributed by atoms with E-state index in [9.17, 15) is 34.5 Å². The summed E-state index contributed by atoms with van der Waals surface area (Å²) in [6.45, 7) is 4.20. The number of hydrogen-bond donors (Lipinski definition) is 7. The fraction of sp³-hybridized carbons (Fsp3) is 0.500. The van der Waals surface area contributed by atoms with Crippen molar-refractivity contribution in [2.45, 2.75) is 51.4 Å². The number of carboxylic acids is 1. The summed E-state index contributed by atoms with van der Waals surface area (Å²) in [7, 11) is 0. The van der Waals surface area contributed by atoms with Gasteiger partial charge in [0, 0.05) is 6.42 Å². The van der Waals surface area contributed by atoms with E-state index in [1.165, 1.54) is 31.2 Å². The first-order valence-corrected chi connectivity index (χ1v) is 9.74. The Hall–Kier alpha value is -3.18. The number of amides is 3. The van der Waals surface area contributed by atoms with Crippen molar-refractivity contribution in [3.63, 3.8) is 0 Å². The Labute approximate surface area is 180 Å². The van der Waals surface area contributed by atoms with Gasteiger partial charge >= 0.3 is 5.97 Å². The molecule has 0 radical (unpaired) electrons. The molecule has 1 aromatic carbocycles. The zero-order valence-electron chi connectivity index (χ0n) is 17.7. The van der Waals surface area contributed by atoms with Crippen molar-refractivity contribution in [1.29, 1.82) is 0 Å². The molecule has 11 heteroatoms. The molecule has 0 bridgehead atoms. The summed E-state index contributed by atoms with van der Waals surface area (Å²) in [5.74, 6) is -3.66. The van der Waals surface area contributed by atoms with Gasteiger partial charge in [0.15, 0.2) is 0 Å². The molecule has 1 aromatic rings. The standard InChI is InChI=1S/C20H30N4O7/c1-10(2)17(24-18(28)16(21)11(3)25)19(29)22-9-15(27)23-14(20(30)31)8-12-4-6-13(26)7-5-12/h4-7,10-11,14,16-17,25-26H,8-9,21H2,1-3H3,(H,22,29)(H,23,27)(H,24,28)(H,30,31). The van der Waals surface area contributed by atoms with Gasteiger partial charge in [-0.25, -0.2) is 4.79 Å². The van der Waals surface area contributed by atoms with Crippen LogP contribution in [0.1, 0.15) is 26.3 Å². The van der Waals surface area contributed by atoms with Crippen LogP contribution in [0.3, 0.4) is 0 Å². The van der Waals surface area contributed by atoms with Gasteiger partial charge in [-0.15, -0.1) is 0 Å². The summed E-state index contributed by atoms with van der Waals surface area (Å²) in [4.78, 5) is 48.0. The van der Waals surface area contributed by atoms with Crippen LogP contribution in [0.2, 0.25) is 0 Å². The van der Waals surface area contributed by atoms with Gasteiger partial charge in [0.1, 0.15) is 23.9 Å². The topological polar surface area (TPSA) is 191 Å². The average molecular weight is 438 g/mol. The molecular formula is C20H30N4O7. The van der Waals surface area contributed by atoms with Crippen LogP contribution in [0.15, 0.2) is 24.3 Å². The molecule has 8 N–H and O–H groups in total. The molecular weight excluding hydrogens is 408 g/mol. The molecule has 0 fully saturated rings. The van der Waals surface area contributed by atoms with E-state index < -0.39 is 54.5 Å². The third-order valence-corrected chi connectivity index (χ3v) is 4.50. The summed E-state index contributed by atoms with van der Waals surface area (Å²) in [6.07, 6.45) is -1.12. The Balaban J connectivity index is 2.66. The van der Waals surface area contributed by atoms with Gasteiger partial charge in [-0.3, -0.25) is 14.4 Å². The lowest BCUT2D eigenvalue weighted by molar-refractivity contribution is -0.141. The fourth-order valence-corrected chi connectivity index (χ4v) is 2.59. The predicted octanol–water partition coefficient (Wildman–Crippen LogP) is -1.53. The number of phenols is 1. The Morgan fingerprint density at radius 1 is 1.00 bits per heavy atom. The monoisotopic (exact) mass is 438 g/mol. The zero-order valence-corrected chi connectivity index (χ0v) is 17.7. The first kappa shape index (κ1) is 25.9. The maximum absolute atomic E-state index is 12.4. The number of carbonyl (C=O) groups is 4. The van der Waals surface area contributed by atoms with Crippen molar-refractivity contribution >= 4 is 23.7 Å². The number of hydrogen-bond acceptors (Lipinski definition) is 7. The van der Waals surface area contributed by atoms with Gasteiger partial charge in [-0.05, 0) is 30.5 Å². The van der Waals surface area contributed by atoms with Gasteiger partial charge in [-0.2, -0.15) is 0 Å². The fourth-order valence-electron chi connectivity index (χ4n) is 2.59. The summed E-state index contributed by atoms with van der Waals surface area (Å²) < 4.78 is 0. The average Bonchev–Trinajstić information content (AvgIpc) is 2.70. The molecule has 0 spiro atoms. The molecule has 0 aliphatic heterocycles. The van der Waals surface area contributed by atoms with Crippen LogP contribution in [0, 0.1) is 5.92 Å². The second-order valence-corrected chi connectivity index (χ2v) is 7.54. The Morgan fingerprint density at radius 2 is 1.58 bits per heavy atom. The van der Waals surface area contributed by atoms with Gasteiger partial charge in [-0.1, -0.05) is 26.0 Å². The number of aliphatic hydroxyl groups excluding tert-OH is 1. The van der Waals surface area contributed by atoms with E-state index in [1.54, 1.807) is 13.8 Å². The number of phenolic OH excluding ortho intramolecular Hbond substituents is 1. The van der Waals surface area contributed by atoms with Crippen molar-refractivity contribution in [3.05, 3.63) is 29.8 Å². The summed E-state index contributed by atoms with van der Waals surface area (Å²) in [6, 6.07) is 2.42. The number of carboxylic acid groups (broad SMARTS) is 1. The number of nitrogens with one attached hydrogen (secondary N) is 3.